The molecule has 0 amide bonds. The van der Waals surface area contributed by atoms with E-state index in [9.17, 15) is 4.39 Å². The summed E-state index contributed by atoms with van der Waals surface area (Å²) in [5.74, 6) is 1.53. The van der Waals surface area contributed by atoms with Crippen LogP contribution in [0.4, 0.5) is 8.78 Å². The lowest BCUT2D eigenvalue weighted by Crippen LogP contribution is -2.73. The summed E-state index contributed by atoms with van der Waals surface area (Å²) < 4.78 is 43.4. The van der Waals surface area contributed by atoms with E-state index >= 15 is 4.39 Å². The highest BCUT2D eigenvalue weighted by molar-refractivity contribution is 5.64. The molecule has 5 aliphatic rings. The summed E-state index contributed by atoms with van der Waals surface area (Å²) in [5, 5.41) is 0. The minimum absolute atomic E-state index is 0.140. The normalized spacial score (nSPS) is 39.3. The molecule has 2 aliphatic heterocycles. The Bertz CT molecular complexity index is 851. The predicted molar refractivity (Wildman–Crippen MR) is 97.8 cm³/mol. The molecule has 5 heteroatoms. The van der Waals surface area contributed by atoms with Crippen molar-refractivity contribution < 1.29 is 18.3 Å². The zero-order valence-electron chi connectivity index (χ0n) is 15.6. The monoisotopic (exact) mass is 373 g/mol. The van der Waals surface area contributed by atoms with Crippen molar-refractivity contribution in [2.45, 2.75) is 61.8 Å². The quantitative estimate of drug-likeness (QED) is 0.797. The fourth-order valence-corrected chi connectivity index (χ4v) is 6.53. The van der Waals surface area contributed by atoms with Crippen LogP contribution in [0, 0.1) is 5.92 Å². The number of allylic oxidation sites excluding steroid dienone is 1. The molecule has 144 valence electrons. The molecule has 6 rings (SSSR count). The lowest BCUT2D eigenvalue weighted by molar-refractivity contribution is -0.123. The number of hydrogen-bond acceptors (Lipinski definition) is 3. The van der Waals surface area contributed by atoms with Crippen molar-refractivity contribution in [2.24, 2.45) is 5.92 Å². The summed E-state index contributed by atoms with van der Waals surface area (Å²) in [6.45, 7) is 1.79. The number of halogens is 2. The number of piperidine rings is 1. The average Bonchev–Trinajstić information content (AvgIpc) is 2.98. The van der Waals surface area contributed by atoms with Crippen molar-refractivity contribution >= 4 is 0 Å². The van der Waals surface area contributed by atoms with Crippen LogP contribution in [0.3, 0.4) is 0 Å². The van der Waals surface area contributed by atoms with Crippen LogP contribution in [0.2, 0.25) is 0 Å². The van der Waals surface area contributed by atoms with Crippen LogP contribution in [-0.2, 0) is 11.8 Å². The van der Waals surface area contributed by atoms with Gasteiger partial charge in [0.1, 0.15) is 11.5 Å². The maximum Gasteiger partial charge on any atom is 0.166 e. The van der Waals surface area contributed by atoms with Crippen LogP contribution in [0.25, 0.3) is 0 Å². The summed E-state index contributed by atoms with van der Waals surface area (Å²) in [6, 6.07) is 3.73. The third-order valence-electron chi connectivity index (χ3n) is 8.04. The summed E-state index contributed by atoms with van der Waals surface area (Å²) in [6.07, 6.45) is 5.80. The fourth-order valence-electron chi connectivity index (χ4n) is 6.53. The topological polar surface area (TPSA) is 21.7 Å². The van der Waals surface area contributed by atoms with Crippen LogP contribution in [0.15, 0.2) is 24.0 Å². The largest absolute Gasteiger partial charge is 0.493 e. The van der Waals surface area contributed by atoms with Gasteiger partial charge in [-0.15, -0.1) is 0 Å². The van der Waals surface area contributed by atoms with Crippen LogP contribution in [0.1, 0.15) is 43.2 Å². The Hall–Kier alpha value is -1.62. The molecule has 3 nitrogen and oxygen atoms in total. The van der Waals surface area contributed by atoms with Gasteiger partial charge in [0.25, 0.3) is 0 Å². The molecular formula is C22H25F2NO2. The predicted octanol–water partition coefficient (Wildman–Crippen LogP) is 4.09. The van der Waals surface area contributed by atoms with Crippen LogP contribution >= 0.6 is 0 Å². The molecule has 1 saturated carbocycles. The minimum Gasteiger partial charge on any atom is -0.493 e. The molecule has 2 heterocycles. The molecule has 2 fully saturated rings. The van der Waals surface area contributed by atoms with Gasteiger partial charge in [-0.3, -0.25) is 4.90 Å². The van der Waals surface area contributed by atoms with Crippen LogP contribution in [0.5, 0.6) is 11.5 Å². The Balaban J connectivity index is 1.54. The first-order valence-corrected chi connectivity index (χ1v) is 10.2. The maximum absolute atomic E-state index is 16.9. The molecule has 4 atom stereocenters. The first-order valence-electron chi connectivity index (χ1n) is 10.2. The number of hydrogen-bond donors (Lipinski definition) is 0. The average molecular weight is 373 g/mol. The Labute approximate surface area is 158 Å². The van der Waals surface area contributed by atoms with Gasteiger partial charge in [0.15, 0.2) is 17.6 Å². The number of likely N-dealkylation sites (tertiary alicyclic amines) is 1. The number of alkyl halides is 1. The third-order valence-corrected chi connectivity index (χ3v) is 8.04. The van der Waals surface area contributed by atoms with E-state index in [1.165, 1.54) is 25.3 Å². The molecule has 3 aliphatic carbocycles. The zero-order chi connectivity index (χ0) is 18.4. The van der Waals surface area contributed by atoms with Gasteiger partial charge in [-0.25, -0.2) is 8.78 Å². The second-order valence-corrected chi connectivity index (χ2v) is 9.02. The highest BCUT2D eigenvalue weighted by Crippen LogP contribution is 2.66. The van der Waals surface area contributed by atoms with Crippen molar-refractivity contribution in [2.75, 3.05) is 20.2 Å². The maximum atomic E-state index is 16.9. The second-order valence-electron chi connectivity index (χ2n) is 9.02. The lowest BCUT2D eigenvalue weighted by atomic mass is 9.51. The Kier molecular flexibility index (Phi) is 3.18. The smallest absolute Gasteiger partial charge is 0.166 e. The number of benzene rings is 1. The van der Waals surface area contributed by atoms with Gasteiger partial charge in [0.05, 0.1) is 12.5 Å². The standard InChI is InChI=1S/C22H25F2NO2/c1-26-16-6-5-14-11-17-22(24)8-7-15(23)20-21(22,18(14)19(16)27-20)9-10-25(17)12-13-3-2-4-13/h5-7,13,17,20H,2-4,8-12H2,1H3/t17-,20?,21+,22-/m1/s1. The highest BCUT2D eigenvalue weighted by atomic mass is 19.1. The highest BCUT2D eigenvalue weighted by Gasteiger charge is 2.73. The van der Waals surface area contributed by atoms with Crippen LogP contribution < -0.4 is 9.47 Å². The van der Waals surface area contributed by atoms with Crippen molar-refractivity contribution in [1.82, 2.24) is 4.90 Å². The minimum atomic E-state index is -1.49. The number of nitrogens with zero attached hydrogens (tertiary/aromatic N) is 1. The zero-order valence-corrected chi connectivity index (χ0v) is 15.6. The van der Waals surface area contributed by atoms with Gasteiger partial charge in [0, 0.05) is 24.6 Å². The molecule has 0 aromatic heterocycles. The van der Waals surface area contributed by atoms with E-state index in [2.05, 4.69) is 4.90 Å². The van der Waals surface area contributed by atoms with Crippen molar-refractivity contribution in [3.8, 4) is 11.5 Å². The summed E-state index contributed by atoms with van der Waals surface area (Å²) in [4.78, 5) is 2.37. The first kappa shape index (κ1) is 16.3. The molecule has 1 spiro atoms. The van der Waals surface area contributed by atoms with Gasteiger partial charge < -0.3 is 9.47 Å². The van der Waals surface area contributed by atoms with Crippen molar-refractivity contribution in [1.29, 1.82) is 0 Å². The summed E-state index contributed by atoms with van der Waals surface area (Å²) in [7, 11) is 1.59. The van der Waals surface area contributed by atoms with E-state index in [4.69, 9.17) is 9.47 Å². The van der Waals surface area contributed by atoms with Gasteiger partial charge >= 0.3 is 0 Å². The molecule has 1 saturated heterocycles. The molecule has 0 radical (unpaired) electrons. The van der Waals surface area contributed by atoms with E-state index in [1.54, 1.807) is 7.11 Å². The molecule has 2 bridgehead atoms. The summed E-state index contributed by atoms with van der Waals surface area (Å²) >= 11 is 0. The third kappa shape index (κ3) is 1.80. The Morgan fingerprint density at radius 1 is 1.33 bits per heavy atom. The molecule has 1 aromatic carbocycles. The van der Waals surface area contributed by atoms with E-state index in [-0.39, 0.29) is 18.3 Å². The van der Waals surface area contributed by atoms with E-state index < -0.39 is 17.2 Å². The molecule has 1 unspecified atom stereocenters. The van der Waals surface area contributed by atoms with Crippen LogP contribution in [-0.4, -0.2) is 42.9 Å². The van der Waals surface area contributed by atoms with Gasteiger partial charge in [-0.2, -0.15) is 0 Å². The van der Waals surface area contributed by atoms with Gasteiger partial charge in [-0.1, -0.05) is 12.5 Å². The van der Waals surface area contributed by atoms with E-state index in [0.717, 1.165) is 24.2 Å². The van der Waals surface area contributed by atoms with Crippen molar-refractivity contribution in [3.63, 3.8) is 0 Å². The second kappa shape index (κ2) is 5.25. The molecule has 27 heavy (non-hydrogen) atoms. The number of ether oxygens (including phenoxy) is 2. The molecule has 0 N–H and O–H groups in total. The van der Waals surface area contributed by atoms with Crippen molar-refractivity contribution in [3.05, 3.63) is 35.2 Å². The van der Waals surface area contributed by atoms with E-state index in [1.807, 2.05) is 12.1 Å². The van der Waals surface area contributed by atoms with Gasteiger partial charge in [0.2, 0.25) is 0 Å². The number of methoxy groups -OCH3 is 1. The molecule has 1 aromatic rings. The van der Waals surface area contributed by atoms with E-state index in [0.29, 0.717) is 30.3 Å². The Morgan fingerprint density at radius 2 is 2.19 bits per heavy atom. The summed E-state index contributed by atoms with van der Waals surface area (Å²) in [5.41, 5.74) is -0.402. The Morgan fingerprint density at radius 3 is 2.93 bits per heavy atom. The first-order chi connectivity index (χ1) is 13.1. The lowest BCUT2D eigenvalue weighted by Gasteiger charge is -2.61. The SMILES string of the molecule is COc1ccc2c3c1OC1C(F)=CC[C@@]4(F)[C@@H](C2)N(CC2CCC2)CC[C@]314. The number of rotatable bonds is 3. The fraction of sp³-hybridized carbons (Fsp3) is 0.636. The molecular weight excluding hydrogens is 348 g/mol. The van der Waals surface area contributed by atoms with Gasteiger partial charge in [-0.05, 0) is 55.9 Å².